The Hall–Kier alpha value is -0.700. The van der Waals surface area contributed by atoms with Crippen LogP contribution in [0.15, 0.2) is 16.6 Å². The van der Waals surface area contributed by atoms with Gasteiger partial charge in [-0.05, 0) is 23.5 Å². The summed E-state index contributed by atoms with van der Waals surface area (Å²) in [6, 6.07) is 1.72. The van der Waals surface area contributed by atoms with Gasteiger partial charge in [0, 0.05) is 4.88 Å². The fraction of sp³-hybridized carbons (Fsp3) is 0.200. The van der Waals surface area contributed by atoms with Crippen LogP contribution in [-0.4, -0.2) is 0 Å². The highest BCUT2D eigenvalue weighted by Crippen LogP contribution is 2.22. The van der Waals surface area contributed by atoms with Gasteiger partial charge in [0.15, 0.2) is 0 Å². The number of rotatable bonds is 1. The Labute approximate surface area is 51.1 Å². The van der Waals surface area contributed by atoms with Crippen LogP contribution in [0.25, 0.3) is 0 Å². The molecule has 3 heteroatoms. The van der Waals surface area contributed by atoms with Crippen LogP contribution < -0.4 is 0 Å². The van der Waals surface area contributed by atoms with Crippen LogP contribution in [0.4, 0.5) is 5.69 Å². The van der Waals surface area contributed by atoms with Gasteiger partial charge < -0.3 is 0 Å². The van der Waals surface area contributed by atoms with Crippen LogP contribution in [0.2, 0.25) is 0 Å². The largest absolute Gasteiger partial charge is 0.147 e. The van der Waals surface area contributed by atoms with Crippen molar-refractivity contribution >= 4 is 17.0 Å². The van der Waals surface area contributed by atoms with Crippen LogP contribution in [0, 0.1) is 11.8 Å². The van der Waals surface area contributed by atoms with E-state index >= 15 is 0 Å². The Bertz CT molecular complexity index is 194. The number of nitrogens with zero attached hydrogens (tertiary/aromatic N) is 1. The fourth-order valence-corrected chi connectivity index (χ4v) is 1.10. The topological polar surface area (TPSA) is 29.4 Å². The first-order chi connectivity index (χ1) is 3.84. The Kier molecular flexibility index (Phi) is 1.39. The van der Waals surface area contributed by atoms with E-state index in [1.54, 1.807) is 6.07 Å². The van der Waals surface area contributed by atoms with Gasteiger partial charge in [0.1, 0.15) is 5.69 Å². The van der Waals surface area contributed by atoms with E-state index in [1.807, 2.05) is 12.3 Å². The third kappa shape index (κ3) is 0.767. The first-order valence-corrected chi connectivity index (χ1v) is 3.10. The molecular weight excluding hydrogens is 122 g/mol. The van der Waals surface area contributed by atoms with Gasteiger partial charge in [-0.3, -0.25) is 0 Å². The van der Waals surface area contributed by atoms with Gasteiger partial charge in [0.05, 0.1) is 0 Å². The van der Waals surface area contributed by atoms with Gasteiger partial charge in [-0.1, -0.05) is 0 Å². The van der Waals surface area contributed by atoms with Crippen LogP contribution in [0.1, 0.15) is 4.88 Å². The molecule has 1 aromatic rings. The predicted octanol–water partition coefficient (Wildman–Crippen LogP) is 2.45. The molecule has 0 bridgehead atoms. The van der Waals surface area contributed by atoms with Crippen molar-refractivity contribution in [2.24, 2.45) is 5.18 Å². The van der Waals surface area contributed by atoms with Gasteiger partial charge in [-0.25, -0.2) is 0 Å². The van der Waals surface area contributed by atoms with Gasteiger partial charge in [0.2, 0.25) is 0 Å². The quantitative estimate of drug-likeness (QED) is 0.533. The summed E-state index contributed by atoms with van der Waals surface area (Å²) >= 11 is 1.54. The number of hydrogen-bond acceptors (Lipinski definition) is 3. The molecular formula is C5H5NOS. The molecule has 0 spiro atoms. The number of nitroso groups, excluding NO2 is 1. The minimum atomic E-state index is 0.565. The molecule has 0 saturated carbocycles. The second-order valence-corrected chi connectivity index (χ2v) is 2.57. The van der Waals surface area contributed by atoms with Gasteiger partial charge in [0.25, 0.3) is 0 Å². The standard InChI is InChI=1S/C5H5NOS/c1-4-5(6-7)2-3-8-4/h2-3H,1H3. The SMILES string of the molecule is Cc1sccc1N=O. The van der Waals surface area contributed by atoms with E-state index in [0.717, 1.165) is 4.88 Å². The van der Waals surface area contributed by atoms with Crippen molar-refractivity contribution in [3.8, 4) is 0 Å². The Morgan fingerprint density at radius 1 is 1.75 bits per heavy atom. The molecule has 0 aliphatic rings. The number of hydrogen-bond donors (Lipinski definition) is 0. The average molecular weight is 127 g/mol. The Balaban J connectivity index is 3.09. The molecule has 0 saturated heterocycles. The molecule has 8 heavy (non-hydrogen) atoms. The molecule has 42 valence electrons. The summed E-state index contributed by atoms with van der Waals surface area (Å²) in [6.45, 7) is 1.88. The maximum atomic E-state index is 9.85. The predicted molar refractivity (Wildman–Crippen MR) is 34.5 cm³/mol. The second-order valence-electron chi connectivity index (χ2n) is 1.45. The summed E-state index contributed by atoms with van der Waals surface area (Å²) in [5.41, 5.74) is 0.565. The molecule has 0 amide bonds. The zero-order chi connectivity index (χ0) is 5.98. The van der Waals surface area contributed by atoms with Crippen LogP contribution in [0.5, 0.6) is 0 Å². The molecule has 0 aromatic carbocycles. The normalized spacial score (nSPS) is 9.12. The summed E-state index contributed by atoms with van der Waals surface area (Å²) in [6.07, 6.45) is 0. The van der Waals surface area contributed by atoms with Crippen molar-refractivity contribution in [2.45, 2.75) is 6.92 Å². The van der Waals surface area contributed by atoms with Gasteiger partial charge in [-0.15, -0.1) is 16.2 Å². The van der Waals surface area contributed by atoms with Crippen molar-refractivity contribution < 1.29 is 0 Å². The minimum absolute atomic E-state index is 0.565. The van der Waals surface area contributed by atoms with E-state index in [1.165, 1.54) is 11.3 Å². The van der Waals surface area contributed by atoms with Crippen LogP contribution >= 0.6 is 11.3 Å². The lowest BCUT2D eigenvalue weighted by molar-refractivity contribution is 1.48. The highest BCUT2D eigenvalue weighted by Gasteiger charge is 1.94. The van der Waals surface area contributed by atoms with E-state index < -0.39 is 0 Å². The van der Waals surface area contributed by atoms with E-state index in [-0.39, 0.29) is 0 Å². The third-order valence-electron chi connectivity index (χ3n) is 0.930. The molecule has 1 rings (SSSR count). The molecule has 0 N–H and O–H groups in total. The zero-order valence-electron chi connectivity index (χ0n) is 4.42. The van der Waals surface area contributed by atoms with Crippen molar-refractivity contribution in [1.82, 2.24) is 0 Å². The van der Waals surface area contributed by atoms with Gasteiger partial charge >= 0.3 is 0 Å². The summed E-state index contributed by atoms with van der Waals surface area (Å²) in [5.74, 6) is 0. The molecule has 1 aromatic heterocycles. The fourth-order valence-electron chi connectivity index (χ4n) is 0.473. The van der Waals surface area contributed by atoms with Crippen molar-refractivity contribution in [1.29, 1.82) is 0 Å². The lowest BCUT2D eigenvalue weighted by Crippen LogP contribution is -1.54. The third-order valence-corrected chi connectivity index (χ3v) is 1.76. The Morgan fingerprint density at radius 3 is 2.75 bits per heavy atom. The smallest absolute Gasteiger partial charge is 0.121 e. The molecule has 0 unspecified atom stereocenters. The van der Waals surface area contributed by atoms with Crippen molar-refractivity contribution in [3.63, 3.8) is 0 Å². The van der Waals surface area contributed by atoms with E-state index in [0.29, 0.717) is 5.69 Å². The summed E-state index contributed by atoms with van der Waals surface area (Å²) in [5, 5.41) is 4.64. The lowest BCUT2D eigenvalue weighted by Gasteiger charge is -1.77. The van der Waals surface area contributed by atoms with Crippen molar-refractivity contribution in [2.75, 3.05) is 0 Å². The highest BCUT2D eigenvalue weighted by molar-refractivity contribution is 7.10. The average Bonchev–Trinajstić information content (AvgIpc) is 2.14. The molecule has 0 aliphatic heterocycles. The monoisotopic (exact) mass is 127 g/mol. The summed E-state index contributed by atoms with van der Waals surface area (Å²) < 4.78 is 0. The van der Waals surface area contributed by atoms with Gasteiger partial charge in [-0.2, -0.15) is 0 Å². The number of thiophene rings is 1. The maximum absolute atomic E-state index is 9.85. The molecule has 0 fully saturated rings. The molecule has 0 atom stereocenters. The first-order valence-electron chi connectivity index (χ1n) is 2.22. The maximum Gasteiger partial charge on any atom is 0.121 e. The van der Waals surface area contributed by atoms with Crippen LogP contribution in [-0.2, 0) is 0 Å². The molecule has 1 heterocycles. The lowest BCUT2D eigenvalue weighted by atomic mass is 10.4. The minimum Gasteiger partial charge on any atom is -0.147 e. The molecule has 0 aliphatic carbocycles. The van der Waals surface area contributed by atoms with Crippen LogP contribution in [0.3, 0.4) is 0 Å². The summed E-state index contributed by atoms with van der Waals surface area (Å²) in [4.78, 5) is 10.8. The Morgan fingerprint density at radius 2 is 2.50 bits per heavy atom. The summed E-state index contributed by atoms with van der Waals surface area (Å²) in [7, 11) is 0. The van der Waals surface area contributed by atoms with E-state index in [2.05, 4.69) is 5.18 Å². The van der Waals surface area contributed by atoms with E-state index in [9.17, 15) is 4.91 Å². The molecule has 2 nitrogen and oxygen atoms in total. The highest BCUT2D eigenvalue weighted by atomic mass is 32.1. The first kappa shape index (κ1) is 5.44. The zero-order valence-corrected chi connectivity index (χ0v) is 5.23. The van der Waals surface area contributed by atoms with E-state index in [4.69, 9.17) is 0 Å². The molecule has 0 radical (unpaired) electrons. The second kappa shape index (κ2) is 2.05. The van der Waals surface area contributed by atoms with Crippen molar-refractivity contribution in [3.05, 3.63) is 21.2 Å². The number of aryl methyl sites for hydroxylation is 1.